The molecule has 0 aliphatic rings. The summed E-state index contributed by atoms with van der Waals surface area (Å²) >= 11 is 2.16. The summed E-state index contributed by atoms with van der Waals surface area (Å²) in [7, 11) is 0. The topological polar surface area (TPSA) is 86.6 Å². The van der Waals surface area contributed by atoms with Crippen LogP contribution in [0.4, 0.5) is 0 Å². The van der Waals surface area contributed by atoms with Gasteiger partial charge in [-0.1, -0.05) is 26.0 Å². The quantitative estimate of drug-likeness (QED) is 0.604. The number of amides is 1. The van der Waals surface area contributed by atoms with E-state index in [9.17, 15) is 19.8 Å². The van der Waals surface area contributed by atoms with E-state index in [1.807, 2.05) is 38.1 Å². The zero-order valence-corrected chi connectivity index (χ0v) is 14.2. The maximum atomic E-state index is 11.8. The number of nitrogens with one attached hydrogen (secondary N) is 1. The molecule has 0 aromatic heterocycles. The molecular weight excluding hydrogens is 385 g/mol. The molecule has 116 valence electrons. The molecule has 1 rings (SSSR count). The molecular formula is C15H20INO4. The fourth-order valence-corrected chi connectivity index (χ4v) is 2.24. The van der Waals surface area contributed by atoms with Crippen LogP contribution in [-0.2, 0) is 16.0 Å². The average molecular weight is 405 g/mol. The number of hydrogen-bond donors (Lipinski definition) is 3. The zero-order chi connectivity index (χ0) is 16.0. The molecule has 0 spiro atoms. The minimum atomic E-state index is -1.18. The van der Waals surface area contributed by atoms with Crippen molar-refractivity contribution in [1.29, 1.82) is 0 Å². The second-order valence-corrected chi connectivity index (χ2v) is 6.62. The van der Waals surface area contributed by atoms with Gasteiger partial charge in [0.05, 0.1) is 0 Å². The number of carboxylic acids is 1. The Hall–Kier alpha value is -1.15. The molecule has 5 nitrogen and oxygen atoms in total. The smallest absolute Gasteiger partial charge is 0.326 e. The molecule has 1 amide bonds. The third-order valence-corrected chi connectivity index (χ3v) is 3.68. The van der Waals surface area contributed by atoms with Crippen molar-refractivity contribution >= 4 is 34.5 Å². The van der Waals surface area contributed by atoms with E-state index in [4.69, 9.17) is 0 Å². The Morgan fingerprint density at radius 2 is 1.81 bits per heavy atom. The molecule has 2 atom stereocenters. The van der Waals surface area contributed by atoms with E-state index in [-0.39, 0.29) is 12.3 Å². The fourth-order valence-electron chi connectivity index (χ4n) is 1.88. The van der Waals surface area contributed by atoms with Crippen molar-refractivity contribution in [2.24, 2.45) is 5.92 Å². The van der Waals surface area contributed by atoms with Crippen LogP contribution in [0.5, 0.6) is 0 Å². The van der Waals surface area contributed by atoms with Gasteiger partial charge in [-0.05, 0) is 52.6 Å². The van der Waals surface area contributed by atoms with Gasteiger partial charge in [0.15, 0.2) is 0 Å². The summed E-state index contributed by atoms with van der Waals surface area (Å²) in [5.41, 5.74) is 0.821. The summed E-state index contributed by atoms with van der Waals surface area (Å²) < 4.78 is 1.06. The van der Waals surface area contributed by atoms with E-state index < -0.39 is 24.0 Å². The summed E-state index contributed by atoms with van der Waals surface area (Å²) in [5.74, 6) is -1.59. The second kappa shape index (κ2) is 8.33. The molecule has 0 aliphatic carbocycles. The molecule has 0 saturated heterocycles. The summed E-state index contributed by atoms with van der Waals surface area (Å²) in [5, 5.41) is 21.3. The van der Waals surface area contributed by atoms with E-state index in [1.165, 1.54) is 0 Å². The Kier molecular flexibility index (Phi) is 7.10. The van der Waals surface area contributed by atoms with Crippen LogP contribution >= 0.6 is 22.6 Å². The van der Waals surface area contributed by atoms with Crippen molar-refractivity contribution in [3.8, 4) is 0 Å². The van der Waals surface area contributed by atoms with Gasteiger partial charge < -0.3 is 15.5 Å². The molecule has 3 N–H and O–H groups in total. The van der Waals surface area contributed by atoms with Gasteiger partial charge in [-0.25, -0.2) is 4.79 Å². The first-order valence-electron chi connectivity index (χ1n) is 6.75. The predicted octanol–water partition coefficient (Wildman–Crippen LogP) is 1.81. The number of carbonyl (C=O) groups is 2. The molecule has 21 heavy (non-hydrogen) atoms. The van der Waals surface area contributed by atoms with Crippen LogP contribution in [0.3, 0.4) is 0 Å². The highest BCUT2D eigenvalue weighted by molar-refractivity contribution is 14.1. The van der Waals surface area contributed by atoms with E-state index in [0.29, 0.717) is 6.42 Å². The van der Waals surface area contributed by atoms with Crippen molar-refractivity contribution in [2.75, 3.05) is 0 Å². The molecule has 0 aliphatic heterocycles. The van der Waals surface area contributed by atoms with Gasteiger partial charge in [0.2, 0.25) is 5.91 Å². The van der Waals surface area contributed by atoms with Crippen LogP contribution in [0.15, 0.2) is 24.3 Å². The number of carbonyl (C=O) groups excluding carboxylic acids is 1. The molecule has 0 bridgehead atoms. The Morgan fingerprint density at radius 1 is 1.24 bits per heavy atom. The number of rotatable bonds is 7. The Bertz CT molecular complexity index is 487. The normalized spacial score (nSPS) is 13.8. The van der Waals surface area contributed by atoms with Gasteiger partial charge in [0, 0.05) is 9.99 Å². The highest BCUT2D eigenvalue weighted by atomic mass is 127. The summed E-state index contributed by atoms with van der Waals surface area (Å²) in [6, 6.07) is 6.37. The highest BCUT2D eigenvalue weighted by Crippen LogP contribution is 2.10. The van der Waals surface area contributed by atoms with Crippen LogP contribution in [0.25, 0.3) is 0 Å². The highest BCUT2D eigenvalue weighted by Gasteiger charge is 2.24. The Morgan fingerprint density at radius 3 is 2.29 bits per heavy atom. The molecule has 0 unspecified atom stereocenters. The van der Waals surface area contributed by atoms with Gasteiger partial charge in [-0.15, -0.1) is 0 Å². The lowest BCUT2D eigenvalue weighted by atomic mass is 10.0. The van der Waals surface area contributed by atoms with Crippen LogP contribution in [0.2, 0.25) is 0 Å². The van der Waals surface area contributed by atoms with E-state index in [2.05, 4.69) is 27.9 Å². The fraction of sp³-hybridized carbons (Fsp3) is 0.467. The summed E-state index contributed by atoms with van der Waals surface area (Å²) in [6.07, 6.45) is -0.683. The maximum absolute atomic E-state index is 11.8. The molecule has 0 heterocycles. The maximum Gasteiger partial charge on any atom is 0.326 e. The van der Waals surface area contributed by atoms with Gasteiger partial charge >= 0.3 is 5.97 Å². The van der Waals surface area contributed by atoms with Crippen LogP contribution in [0, 0.1) is 9.49 Å². The molecule has 1 aromatic rings. The van der Waals surface area contributed by atoms with Crippen LogP contribution in [-0.4, -0.2) is 34.2 Å². The third-order valence-electron chi connectivity index (χ3n) is 2.96. The van der Waals surface area contributed by atoms with E-state index in [0.717, 1.165) is 9.13 Å². The number of hydrogen-bond acceptors (Lipinski definition) is 3. The number of benzene rings is 1. The lowest BCUT2D eigenvalue weighted by Crippen LogP contribution is -2.46. The minimum absolute atomic E-state index is 0.158. The third kappa shape index (κ3) is 6.43. The van der Waals surface area contributed by atoms with Gasteiger partial charge in [-0.3, -0.25) is 4.79 Å². The number of carboxylic acid groups (broad SMARTS) is 1. The molecule has 0 saturated carbocycles. The molecule has 6 heteroatoms. The number of aliphatic hydroxyl groups excluding tert-OH is 1. The van der Waals surface area contributed by atoms with Gasteiger partial charge in [0.1, 0.15) is 12.1 Å². The van der Waals surface area contributed by atoms with E-state index >= 15 is 0 Å². The minimum Gasteiger partial charge on any atom is -0.480 e. The average Bonchev–Trinajstić information content (AvgIpc) is 2.39. The number of halogens is 1. The van der Waals surface area contributed by atoms with Crippen molar-refractivity contribution in [2.45, 2.75) is 38.8 Å². The van der Waals surface area contributed by atoms with Crippen molar-refractivity contribution < 1.29 is 19.8 Å². The molecule has 0 radical (unpaired) electrons. The zero-order valence-electron chi connectivity index (χ0n) is 12.0. The lowest BCUT2D eigenvalue weighted by molar-refractivity contribution is -0.143. The first-order valence-corrected chi connectivity index (χ1v) is 7.83. The predicted molar refractivity (Wildman–Crippen MR) is 87.9 cm³/mol. The van der Waals surface area contributed by atoms with Crippen molar-refractivity contribution in [1.82, 2.24) is 5.32 Å². The summed E-state index contributed by atoms with van der Waals surface area (Å²) in [6.45, 7) is 3.77. The van der Waals surface area contributed by atoms with Crippen molar-refractivity contribution in [3.63, 3.8) is 0 Å². The lowest BCUT2D eigenvalue weighted by Gasteiger charge is -2.18. The Balaban J connectivity index is 2.67. The standard InChI is InChI=1S/C15H20INO4/c1-9(2)7-13(18)14(19)17-12(15(20)21)8-10-3-5-11(16)6-4-10/h3-6,9,12-13,18H,7-8H2,1-2H3,(H,17,19)(H,20,21)/t12-,13+/m0/s1. The van der Waals surface area contributed by atoms with Crippen molar-refractivity contribution in [3.05, 3.63) is 33.4 Å². The largest absolute Gasteiger partial charge is 0.480 e. The first-order chi connectivity index (χ1) is 9.79. The van der Waals surface area contributed by atoms with E-state index in [1.54, 1.807) is 0 Å². The first kappa shape index (κ1) is 17.9. The molecule has 0 fully saturated rings. The summed E-state index contributed by atoms with van der Waals surface area (Å²) in [4.78, 5) is 23.1. The van der Waals surface area contributed by atoms with Gasteiger partial charge in [-0.2, -0.15) is 0 Å². The SMILES string of the molecule is CC(C)C[C@@H](O)C(=O)N[C@@H](Cc1ccc(I)cc1)C(=O)O. The van der Waals surface area contributed by atoms with Crippen LogP contribution in [0.1, 0.15) is 25.8 Å². The van der Waals surface area contributed by atoms with Gasteiger partial charge in [0.25, 0.3) is 0 Å². The second-order valence-electron chi connectivity index (χ2n) is 5.38. The monoisotopic (exact) mass is 405 g/mol. The van der Waals surface area contributed by atoms with Crippen LogP contribution < -0.4 is 5.32 Å². The molecule has 1 aromatic carbocycles. The Labute approximate surface area is 137 Å². The number of aliphatic hydroxyl groups is 1. The number of aliphatic carboxylic acids is 1.